The quantitative estimate of drug-likeness (QED) is 0.921. The predicted octanol–water partition coefficient (Wildman–Crippen LogP) is 3.43. The third kappa shape index (κ3) is 3.18. The van der Waals surface area contributed by atoms with Crippen molar-refractivity contribution < 1.29 is 8.42 Å². The molecule has 0 fully saturated rings. The third-order valence-electron chi connectivity index (χ3n) is 2.59. The molecule has 4 nitrogen and oxygen atoms in total. The van der Waals surface area contributed by atoms with Crippen LogP contribution in [-0.4, -0.2) is 8.42 Å². The summed E-state index contributed by atoms with van der Waals surface area (Å²) in [5.74, 6) is 0. The van der Waals surface area contributed by atoms with Gasteiger partial charge in [0, 0.05) is 4.47 Å². The number of nitrogens with zero attached hydrogens (tertiary/aromatic N) is 1. The van der Waals surface area contributed by atoms with Crippen molar-refractivity contribution >= 4 is 31.6 Å². The van der Waals surface area contributed by atoms with E-state index in [0.29, 0.717) is 5.69 Å². The Bertz CT molecular complexity index is 775. The Balaban J connectivity index is 2.44. The molecule has 0 spiro atoms. The molecule has 2 aromatic carbocycles. The lowest BCUT2D eigenvalue weighted by Gasteiger charge is -2.10. The molecule has 102 valence electrons. The summed E-state index contributed by atoms with van der Waals surface area (Å²) in [7, 11) is -3.78. The minimum absolute atomic E-state index is 0.0277. The summed E-state index contributed by atoms with van der Waals surface area (Å²) < 4.78 is 27.9. The molecule has 0 aliphatic heterocycles. The van der Waals surface area contributed by atoms with Gasteiger partial charge in [-0.2, -0.15) is 5.26 Å². The van der Waals surface area contributed by atoms with E-state index >= 15 is 0 Å². The summed E-state index contributed by atoms with van der Waals surface area (Å²) in [6.45, 7) is 1.87. The van der Waals surface area contributed by atoms with Crippen molar-refractivity contribution in [2.45, 2.75) is 11.8 Å². The normalized spacial score (nSPS) is 10.8. The molecule has 6 heteroatoms. The van der Waals surface area contributed by atoms with Gasteiger partial charge in [0.2, 0.25) is 0 Å². The van der Waals surface area contributed by atoms with E-state index in [0.717, 1.165) is 10.0 Å². The molecule has 0 aliphatic carbocycles. The molecule has 0 aromatic heterocycles. The number of halogens is 1. The van der Waals surface area contributed by atoms with E-state index in [1.807, 2.05) is 19.1 Å². The SMILES string of the molecule is Cc1cc(Br)cc(NS(=O)(=O)c2ccccc2C#N)c1. The van der Waals surface area contributed by atoms with Gasteiger partial charge in [-0.1, -0.05) is 28.1 Å². The van der Waals surface area contributed by atoms with Gasteiger partial charge in [-0.05, 0) is 42.8 Å². The zero-order valence-corrected chi connectivity index (χ0v) is 13.0. The van der Waals surface area contributed by atoms with Crippen molar-refractivity contribution in [3.05, 3.63) is 58.1 Å². The number of aryl methyl sites for hydroxylation is 1. The summed E-state index contributed by atoms with van der Waals surface area (Å²) in [5.41, 5.74) is 1.49. The highest BCUT2D eigenvalue weighted by atomic mass is 79.9. The first-order valence-electron chi connectivity index (χ1n) is 5.71. The fraction of sp³-hybridized carbons (Fsp3) is 0.0714. The maximum atomic E-state index is 12.3. The molecule has 0 unspecified atom stereocenters. The zero-order valence-electron chi connectivity index (χ0n) is 10.6. The number of anilines is 1. The number of rotatable bonds is 3. The van der Waals surface area contributed by atoms with Crippen LogP contribution in [0.15, 0.2) is 51.8 Å². The van der Waals surface area contributed by atoms with Gasteiger partial charge in [0.15, 0.2) is 0 Å². The van der Waals surface area contributed by atoms with Crippen molar-refractivity contribution in [2.75, 3.05) is 4.72 Å². The lowest BCUT2D eigenvalue weighted by molar-refractivity contribution is 0.601. The third-order valence-corrected chi connectivity index (χ3v) is 4.49. The van der Waals surface area contributed by atoms with E-state index in [2.05, 4.69) is 20.7 Å². The fourth-order valence-corrected chi connectivity index (χ4v) is 3.61. The molecule has 0 bridgehead atoms. The molecule has 0 atom stereocenters. The second-order valence-corrected chi connectivity index (χ2v) is 6.80. The van der Waals surface area contributed by atoms with E-state index < -0.39 is 10.0 Å². The fourth-order valence-electron chi connectivity index (χ4n) is 1.80. The second-order valence-electron chi connectivity index (χ2n) is 4.23. The number of nitrogens with one attached hydrogen (secondary N) is 1. The molecule has 0 aliphatic rings. The van der Waals surface area contributed by atoms with Crippen LogP contribution in [0.25, 0.3) is 0 Å². The monoisotopic (exact) mass is 350 g/mol. The number of nitriles is 1. The van der Waals surface area contributed by atoms with Gasteiger partial charge < -0.3 is 0 Å². The first-order valence-corrected chi connectivity index (χ1v) is 7.99. The molecule has 0 saturated heterocycles. The molecule has 2 aromatic rings. The molecular formula is C14H11BrN2O2S. The van der Waals surface area contributed by atoms with E-state index in [4.69, 9.17) is 5.26 Å². The van der Waals surface area contributed by atoms with Crippen LogP contribution < -0.4 is 4.72 Å². The summed E-state index contributed by atoms with van der Waals surface area (Å²) in [6, 6.07) is 13.2. The maximum Gasteiger partial charge on any atom is 0.263 e. The number of benzene rings is 2. The molecule has 0 amide bonds. The Morgan fingerprint density at radius 3 is 2.55 bits per heavy atom. The maximum absolute atomic E-state index is 12.3. The molecule has 1 N–H and O–H groups in total. The number of hydrogen-bond donors (Lipinski definition) is 1. The van der Waals surface area contributed by atoms with Crippen molar-refractivity contribution in [1.82, 2.24) is 0 Å². The molecule has 0 heterocycles. The van der Waals surface area contributed by atoms with Crippen molar-refractivity contribution in [3.8, 4) is 6.07 Å². The highest BCUT2D eigenvalue weighted by Gasteiger charge is 2.18. The molecule has 20 heavy (non-hydrogen) atoms. The Morgan fingerprint density at radius 2 is 1.90 bits per heavy atom. The molecular weight excluding hydrogens is 340 g/mol. The Labute approximate surface area is 126 Å². The topological polar surface area (TPSA) is 70.0 Å². The van der Waals surface area contributed by atoms with Gasteiger partial charge in [0.05, 0.1) is 11.3 Å². The lowest BCUT2D eigenvalue weighted by atomic mass is 10.2. The molecule has 2 rings (SSSR count). The number of hydrogen-bond acceptors (Lipinski definition) is 3. The van der Waals surface area contributed by atoms with Crippen LogP contribution in [0.5, 0.6) is 0 Å². The summed E-state index contributed by atoms with van der Waals surface area (Å²) in [6.07, 6.45) is 0. The van der Waals surface area contributed by atoms with Gasteiger partial charge in [0.1, 0.15) is 11.0 Å². The van der Waals surface area contributed by atoms with Gasteiger partial charge >= 0.3 is 0 Å². The molecule has 0 saturated carbocycles. The van der Waals surface area contributed by atoms with Gasteiger partial charge in [0.25, 0.3) is 10.0 Å². The smallest absolute Gasteiger partial charge is 0.263 e. The summed E-state index contributed by atoms with van der Waals surface area (Å²) in [4.78, 5) is -0.0277. The number of sulfonamides is 1. The Morgan fingerprint density at radius 1 is 1.20 bits per heavy atom. The average Bonchev–Trinajstić information content (AvgIpc) is 2.36. The minimum Gasteiger partial charge on any atom is -0.280 e. The average molecular weight is 351 g/mol. The Hall–Kier alpha value is -1.84. The first-order chi connectivity index (χ1) is 9.42. The highest BCUT2D eigenvalue weighted by Crippen LogP contribution is 2.23. The van der Waals surface area contributed by atoms with Crippen LogP contribution >= 0.6 is 15.9 Å². The van der Waals surface area contributed by atoms with Crippen LogP contribution in [0.3, 0.4) is 0 Å². The first kappa shape index (κ1) is 14.6. The van der Waals surface area contributed by atoms with Gasteiger partial charge in [-0.15, -0.1) is 0 Å². The van der Waals surface area contributed by atoms with Crippen LogP contribution in [0.2, 0.25) is 0 Å². The Kier molecular flexibility index (Phi) is 4.12. The van der Waals surface area contributed by atoms with Crippen LogP contribution in [-0.2, 0) is 10.0 Å². The molecule has 0 radical (unpaired) electrons. The van der Waals surface area contributed by atoms with E-state index in [-0.39, 0.29) is 10.5 Å². The van der Waals surface area contributed by atoms with E-state index in [9.17, 15) is 8.42 Å². The zero-order chi connectivity index (χ0) is 14.8. The van der Waals surface area contributed by atoms with Gasteiger partial charge in [-0.25, -0.2) is 8.42 Å². The standard InChI is InChI=1S/C14H11BrN2O2S/c1-10-6-12(15)8-13(7-10)17-20(18,19)14-5-3-2-4-11(14)9-16/h2-8,17H,1H3. The van der Waals surface area contributed by atoms with Crippen LogP contribution in [0.1, 0.15) is 11.1 Å². The predicted molar refractivity (Wildman–Crippen MR) is 80.8 cm³/mol. The summed E-state index contributed by atoms with van der Waals surface area (Å²) in [5, 5.41) is 8.99. The minimum atomic E-state index is -3.78. The van der Waals surface area contributed by atoms with Crippen molar-refractivity contribution in [3.63, 3.8) is 0 Å². The second kappa shape index (κ2) is 5.65. The summed E-state index contributed by atoms with van der Waals surface area (Å²) >= 11 is 3.32. The lowest BCUT2D eigenvalue weighted by Crippen LogP contribution is -2.14. The largest absolute Gasteiger partial charge is 0.280 e. The van der Waals surface area contributed by atoms with E-state index in [1.54, 1.807) is 24.3 Å². The van der Waals surface area contributed by atoms with Crippen LogP contribution in [0, 0.1) is 18.3 Å². The van der Waals surface area contributed by atoms with Gasteiger partial charge in [-0.3, -0.25) is 4.72 Å². The highest BCUT2D eigenvalue weighted by molar-refractivity contribution is 9.10. The van der Waals surface area contributed by atoms with Crippen LogP contribution in [0.4, 0.5) is 5.69 Å². The van der Waals surface area contributed by atoms with E-state index in [1.165, 1.54) is 12.1 Å². The van der Waals surface area contributed by atoms with Crippen molar-refractivity contribution in [1.29, 1.82) is 5.26 Å². The van der Waals surface area contributed by atoms with Crippen molar-refractivity contribution in [2.24, 2.45) is 0 Å².